The topological polar surface area (TPSA) is 27.7 Å². The lowest BCUT2D eigenvalue weighted by Crippen LogP contribution is -2.15. The van der Waals surface area contributed by atoms with E-state index in [2.05, 4.69) is 63.2 Å². The highest BCUT2D eigenvalue weighted by Gasteiger charge is 2.26. The van der Waals surface area contributed by atoms with Crippen molar-refractivity contribution in [3.8, 4) is 0 Å². The van der Waals surface area contributed by atoms with Crippen molar-refractivity contribution in [2.75, 3.05) is 41.9 Å². The SMILES string of the molecule is CN(C)c1ccc(NP2OCCN2c2ccccc2)cc1. The van der Waals surface area contributed by atoms with E-state index < -0.39 is 8.45 Å². The molecule has 1 N–H and O–H groups in total. The maximum absolute atomic E-state index is 5.87. The highest BCUT2D eigenvalue weighted by Crippen LogP contribution is 2.48. The molecule has 0 aliphatic carbocycles. The van der Waals surface area contributed by atoms with Gasteiger partial charge < -0.3 is 19.2 Å². The van der Waals surface area contributed by atoms with Crippen LogP contribution in [0.3, 0.4) is 0 Å². The Kier molecular flexibility index (Phi) is 4.28. The first-order valence-electron chi connectivity index (χ1n) is 7.03. The van der Waals surface area contributed by atoms with E-state index in [1.54, 1.807) is 0 Å². The summed E-state index contributed by atoms with van der Waals surface area (Å²) in [6.07, 6.45) is 0. The molecule has 4 nitrogen and oxygen atoms in total. The quantitative estimate of drug-likeness (QED) is 0.866. The second kappa shape index (κ2) is 6.33. The van der Waals surface area contributed by atoms with Gasteiger partial charge in [-0.1, -0.05) is 18.2 Å². The number of nitrogens with zero attached hydrogens (tertiary/aromatic N) is 2. The van der Waals surface area contributed by atoms with E-state index in [4.69, 9.17) is 4.52 Å². The Labute approximate surface area is 127 Å². The lowest BCUT2D eigenvalue weighted by atomic mass is 10.3. The molecule has 3 rings (SSSR count). The zero-order valence-electron chi connectivity index (χ0n) is 12.4. The van der Waals surface area contributed by atoms with Crippen LogP contribution in [0.15, 0.2) is 54.6 Å². The zero-order valence-corrected chi connectivity index (χ0v) is 13.3. The maximum atomic E-state index is 5.87. The largest absolute Gasteiger partial charge is 0.378 e. The summed E-state index contributed by atoms with van der Waals surface area (Å²) in [4.78, 5) is 2.09. The van der Waals surface area contributed by atoms with Gasteiger partial charge in [-0.3, -0.25) is 0 Å². The van der Waals surface area contributed by atoms with Gasteiger partial charge in [-0.2, -0.15) is 0 Å². The highest BCUT2D eigenvalue weighted by atomic mass is 31.2. The molecule has 1 aliphatic heterocycles. The van der Waals surface area contributed by atoms with E-state index in [1.165, 1.54) is 11.4 Å². The second-order valence-corrected chi connectivity index (χ2v) is 6.63. The fraction of sp³-hybridized carbons (Fsp3) is 0.250. The molecule has 1 fully saturated rings. The van der Waals surface area contributed by atoms with E-state index >= 15 is 0 Å². The van der Waals surface area contributed by atoms with Gasteiger partial charge in [0.15, 0.2) is 0 Å². The molecule has 0 spiro atoms. The Hall–Kier alpha value is -1.77. The Morgan fingerprint density at radius 1 is 1.05 bits per heavy atom. The molecule has 0 radical (unpaired) electrons. The molecule has 0 saturated carbocycles. The molecule has 5 heteroatoms. The summed E-state index contributed by atoms with van der Waals surface area (Å²) in [6.45, 7) is 1.70. The molecule has 0 bridgehead atoms. The van der Waals surface area contributed by atoms with Gasteiger partial charge in [0, 0.05) is 37.7 Å². The minimum atomic E-state index is -0.816. The van der Waals surface area contributed by atoms with Crippen LogP contribution in [0, 0.1) is 0 Å². The van der Waals surface area contributed by atoms with Crippen LogP contribution < -0.4 is 14.7 Å². The first-order valence-corrected chi connectivity index (χ1v) is 8.25. The van der Waals surface area contributed by atoms with Crippen LogP contribution >= 0.6 is 8.45 Å². The van der Waals surface area contributed by atoms with Gasteiger partial charge >= 0.3 is 0 Å². The van der Waals surface area contributed by atoms with Crippen molar-refractivity contribution in [2.45, 2.75) is 0 Å². The van der Waals surface area contributed by atoms with Gasteiger partial charge in [0.2, 0.25) is 8.45 Å². The molecule has 1 atom stereocenters. The molecule has 110 valence electrons. The van der Waals surface area contributed by atoms with Crippen LogP contribution in [-0.2, 0) is 4.52 Å². The van der Waals surface area contributed by atoms with Crippen molar-refractivity contribution in [1.29, 1.82) is 0 Å². The van der Waals surface area contributed by atoms with Crippen LogP contribution in [0.5, 0.6) is 0 Å². The van der Waals surface area contributed by atoms with Gasteiger partial charge in [-0.05, 0) is 36.4 Å². The smallest absolute Gasteiger partial charge is 0.245 e. The van der Waals surface area contributed by atoms with Gasteiger partial charge in [0.05, 0.1) is 6.61 Å². The Bertz CT molecular complexity index is 574. The molecule has 0 aromatic heterocycles. The normalized spacial score (nSPS) is 17.8. The van der Waals surface area contributed by atoms with Crippen LogP contribution in [0.1, 0.15) is 0 Å². The van der Waals surface area contributed by atoms with Crippen molar-refractivity contribution in [2.24, 2.45) is 0 Å². The van der Waals surface area contributed by atoms with Crippen molar-refractivity contribution in [3.05, 3.63) is 54.6 Å². The number of para-hydroxylation sites is 1. The van der Waals surface area contributed by atoms with E-state index in [0.717, 1.165) is 18.8 Å². The molecule has 1 unspecified atom stereocenters. The molecule has 1 heterocycles. The average Bonchev–Trinajstić information content (AvgIpc) is 2.97. The summed E-state index contributed by atoms with van der Waals surface area (Å²) in [7, 11) is 3.27. The highest BCUT2D eigenvalue weighted by molar-refractivity contribution is 7.56. The molecule has 1 saturated heterocycles. The summed E-state index contributed by atoms with van der Waals surface area (Å²) in [6, 6.07) is 18.8. The molecular formula is C16H20N3OP. The number of anilines is 3. The maximum Gasteiger partial charge on any atom is 0.245 e. The van der Waals surface area contributed by atoms with Crippen LogP contribution in [0.4, 0.5) is 17.1 Å². The lowest BCUT2D eigenvalue weighted by molar-refractivity contribution is 0.400. The fourth-order valence-corrected chi connectivity index (χ4v) is 3.80. The summed E-state index contributed by atoms with van der Waals surface area (Å²) in [5, 5.41) is 3.51. The van der Waals surface area contributed by atoms with Crippen molar-refractivity contribution in [1.82, 2.24) is 0 Å². The lowest BCUT2D eigenvalue weighted by Gasteiger charge is -2.25. The first kappa shape index (κ1) is 14.2. The summed E-state index contributed by atoms with van der Waals surface area (Å²) >= 11 is 0. The van der Waals surface area contributed by atoms with Gasteiger partial charge in [-0.25, -0.2) is 0 Å². The summed E-state index contributed by atoms with van der Waals surface area (Å²) < 4.78 is 8.17. The monoisotopic (exact) mass is 301 g/mol. The van der Waals surface area contributed by atoms with Gasteiger partial charge in [0.1, 0.15) is 0 Å². The molecule has 0 amide bonds. The predicted molar refractivity (Wildman–Crippen MR) is 91.1 cm³/mol. The Morgan fingerprint density at radius 3 is 2.43 bits per heavy atom. The molecular weight excluding hydrogens is 281 g/mol. The van der Waals surface area contributed by atoms with Crippen LogP contribution in [0.2, 0.25) is 0 Å². The van der Waals surface area contributed by atoms with E-state index in [0.29, 0.717) is 0 Å². The van der Waals surface area contributed by atoms with E-state index in [9.17, 15) is 0 Å². The summed E-state index contributed by atoms with van der Waals surface area (Å²) in [5.74, 6) is 0. The fourth-order valence-electron chi connectivity index (χ4n) is 2.25. The molecule has 21 heavy (non-hydrogen) atoms. The average molecular weight is 301 g/mol. The number of rotatable bonds is 4. The molecule has 2 aromatic rings. The van der Waals surface area contributed by atoms with E-state index in [1.807, 2.05) is 20.2 Å². The second-order valence-electron chi connectivity index (χ2n) is 5.12. The predicted octanol–water partition coefficient (Wildman–Crippen LogP) is 3.93. The third kappa shape index (κ3) is 3.29. The third-order valence-electron chi connectivity index (χ3n) is 3.40. The molecule has 1 aliphatic rings. The third-order valence-corrected chi connectivity index (χ3v) is 5.14. The van der Waals surface area contributed by atoms with Crippen molar-refractivity contribution < 1.29 is 4.52 Å². The number of hydrogen-bond donors (Lipinski definition) is 1. The zero-order chi connectivity index (χ0) is 14.7. The minimum absolute atomic E-state index is 0.767. The minimum Gasteiger partial charge on any atom is -0.378 e. The Balaban J connectivity index is 1.71. The Morgan fingerprint density at radius 2 is 1.76 bits per heavy atom. The van der Waals surface area contributed by atoms with Gasteiger partial charge in [0.25, 0.3) is 0 Å². The number of benzene rings is 2. The van der Waals surface area contributed by atoms with Crippen LogP contribution in [-0.4, -0.2) is 27.2 Å². The van der Waals surface area contributed by atoms with Crippen molar-refractivity contribution >= 4 is 25.5 Å². The van der Waals surface area contributed by atoms with E-state index in [-0.39, 0.29) is 0 Å². The molecule has 2 aromatic carbocycles. The summed E-state index contributed by atoms with van der Waals surface area (Å²) in [5.41, 5.74) is 3.49. The van der Waals surface area contributed by atoms with Crippen molar-refractivity contribution in [3.63, 3.8) is 0 Å². The number of hydrogen-bond acceptors (Lipinski definition) is 4. The number of nitrogens with one attached hydrogen (secondary N) is 1. The van der Waals surface area contributed by atoms with Gasteiger partial charge in [-0.15, -0.1) is 0 Å². The standard InChI is InChI=1S/C16H20N3OP/c1-18(2)15-10-8-14(9-11-15)17-21-19(12-13-20-21)16-6-4-3-5-7-16/h3-11,17H,12-13H2,1-2H3. The van der Waals surface area contributed by atoms with Crippen LogP contribution in [0.25, 0.3) is 0 Å². The first-order chi connectivity index (χ1) is 10.2.